The van der Waals surface area contributed by atoms with Gasteiger partial charge in [-0.15, -0.1) is 0 Å². The molecule has 1 aliphatic rings. The zero-order valence-corrected chi connectivity index (χ0v) is 16.2. The van der Waals surface area contributed by atoms with Crippen LogP contribution in [-0.2, 0) is 9.59 Å². The Labute approximate surface area is 169 Å². The third-order valence-corrected chi connectivity index (χ3v) is 5.48. The maximum Gasteiger partial charge on any atom is 0.240 e. The van der Waals surface area contributed by atoms with Crippen molar-refractivity contribution in [2.24, 2.45) is 4.99 Å². The Morgan fingerprint density at radius 3 is 2.54 bits per heavy atom. The van der Waals surface area contributed by atoms with Crippen molar-refractivity contribution in [3.63, 3.8) is 0 Å². The van der Waals surface area contributed by atoms with Crippen LogP contribution in [0.5, 0.6) is 0 Å². The minimum Gasteiger partial charge on any atom is -0.326 e. The van der Waals surface area contributed by atoms with E-state index in [1.165, 1.54) is 11.8 Å². The van der Waals surface area contributed by atoms with Crippen molar-refractivity contribution >= 4 is 74.9 Å². The van der Waals surface area contributed by atoms with Gasteiger partial charge in [0.25, 0.3) is 0 Å². The second kappa shape index (κ2) is 8.31. The normalized spacial score (nSPS) is 18.0. The predicted octanol–water partition coefficient (Wildman–Crippen LogP) is 4.89. The van der Waals surface area contributed by atoms with Crippen molar-refractivity contribution in [1.82, 2.24) is 5.32 Å². The van der Waals surface area contributed by atoms with Crippen molar-refractivity contribution < 1.29 is 9.59 Å². The Morgan fingerprint density at radius 2 is 1.85 bits per heavy atom. The lowest BCUT2D eigenvalue weighted by Gasteiger charge is -2.08. The largest absolute Gasteiger partial charge is 0.326 e. The minimum absolute atomic E-state index is 0.0103. The summed E-state index contributed by atoms with van der Waals surface area (Å²) >= 11 is 18.8. The Morgan fingerprint density at radius 1 is 1.12 bits per heavy atom. The number of nitrogens with one attached hydrogen (secondary N) is 2. The highest BCUT2D eigenvalue weighted by molar-refractivity contribution is 8.15. The molecule has 1 unspecified atom stereocenters. The van der Waals surface area contributed by atoms with E-state index >= 15 is 0 Å². The van der Waals surface area contributed by atoms with Crippen LogP contribution >= 0.6 is 46.6 Å². The summed E-state index contributed by atoms with van der Waals surface area (Å²) < 4.78 is 0. The van der Waals surface area contributed by atoms with Gasteiger partial charge >= 0.3 is 0 Å². The first-order valence-corrected chi connectivity index (χ1v) is 9.49. The molecule has 0 aliphatic carbocycles. The highest BCUT2D eigenvalue weighted by atomic mass is 35.5. The molecule has 0 bridgehead atoms. The molecule has 0 radical (unpaired) electrons. The molecule has 1 heterocycles. The van der Waals surface area contributed by atoms with Crippen LogP contribution in [0.15, 0.2) is 47.5 Å². The highest BCUT2D eigenvalue weighted by Gasteiger charge is 2.32. The number of carbonyl (C=O) groups excluding carboxylic acids is 2. The number of hydrogen-bond acceptors (Lipinski definition) is 4. The summed E-state index contributed by atoms with van der Waals surface area (Å²) in [5.41, 5.74) is 1.18. The SMILES string of the molecule is O=C(CC1SC(=Nc2ccc(Cl)cc2)NC1=O)Nc1ccc(Cl)c(Cl)c1. The number of benzene rings is 2. The maximum absolute atomic E-state index is 12.2. The summed E-state index contributed by atoms with van der Waals surface area (Å²) in [6.07, 6.45) is 0.0103. The van der Waals surface area contributed by atoms with Crippen molar-refractivity contribution in [3.05, 3.63) is 57.5 Å². The molecule has 1 fully saturated rings. The van der Waals surface area contributed by atoms with Gasteiger partial charge in [-0.05, 0) is 42.5 Å². The molecule has 1 aliphatic heterocycles. The minimum atomic E-state index is -0.552. The van der Waals surface area contributed by atoms with E-state index in [-0.39, 0.29) is 18.2 Å². The fourth-order valence-electron chi connectivity index (χ4n) is 2.18. The summed E-state index contributed by atoms with van der Waals surface area (Å²) in [5, 5.41) is 6.62. The van der Waals surface area contributed by atoms with Gasteiger partial charge in [-0.25, -0.2) is 4.99 Å². The van der Waals surface area contributed by atoms with Gasteiger partial charge in [-0.3, -0.25) is 9.59 Å². The second-order valence-electron chi connectivity index (χ2n) is 5.37. The number of halogens is 3. The Balaban J connectivity index is 1.61. The summed E-state index contributed by atoms with van der Waals surface area (Å²) in [4.78, 5) is 28.6. The van der Waals surface area contributed by atoms with E-state index < -0.39 is 5.25 Å². The Kier molecular flexibility index (Phi) is 6.09. The molecule has 1 atom stereocenters. The molecular formula is C17H12Cl3N3O2S. The van der Waals surface area contributed by atoms with Gasteiger partial charge in [0.15, 0.2) is 5.17 Å². The average Bonchev–Trinajstić information content (AvgIpc) is 2.92. The van der Waals surface area contributed by atoms with E-state index in [2.05, 4.69) is 15.6 Å². The van der Waals surface area contributed by atoms with Gasteiger partial charge in [0.1, 0.15) is 5.25 Å². The number of aliphatic imine (C=N–C) groups is 1. The number of amidine groups is 1. The second-order valence-corrected chi connectivity index (χ2v) is 7.81. The fourth-order valence-corrected chi connectivity index (χ4v) is 3.59. The summed E-state index contributed by atoms with van der Waals surface area (Å²) in [6.45, 7) is 0. The molecule has 9 heteroatoms. The topological polar surface area (TPSA) is 70.6 Å². The Bertz CT molecular complexity index is 887. The van der Waals surface area contributed by atoms with Crippen LogP contribution in [0.25, 0.3) is 0 Å². The number of nitrogens with zero attached hydrogens (tertiary/aromatic N) is 1. The number of anilines is 1. The van der Waals surface area contributed by atoms with Crippen LogP contribution in [0, 0.1) is 0 Å². The third kappa shape index (κ3) is 4.92. The number of thioether (sulfide) groups is 1. The van der Waals surface area contributed by atoms with Crippen molar-refractivity contribution in [2.75, 3.05) is 5.32 Å². The van der Waals surface area contributed by atoms with Crippen LogP contribution in [-0.4, -0.2) is 22.2 Å². The maximum atomic E-state index is 12.2. The van der Waals surface area contributed by atoms with Gasteiger partial charge in [-0.1, -0.05) is 46.6 Å². The van der Waals surface area contributed by atoms with Crippen LogP contribution in [0.4, 0.5) is 11.4 Å². The molecule has 2 aromatic carbocycles. The van der Waals surface area contributed by atoms with Gasteiger partial charge in [0.05, 0.1) is 15.7 Å². The molecule has 2 N–H and O–H groups in total. The molecule has 0 saturated carbocycles. The van der Waals surface area contributed by atoms with Gasteiger partial charge < -0.3 is 10.6 Å². The molecule has 2 amide bonds. The zero-order chi connectivity index (χ0) is 18.7. The summed E-state index contributed by atoms with van der Waals surface area (Å²) in [5.74, 6) is -0.559. The van der Waals surface area contributed by atoms with Crippen molar-refractivity contribution in [1.29, 1.82) is 0 Å². The van der Waals surface area contributed by atoms with E-state index in [0.717, 1.165) is 0 Å². The number of carbonyl (C=O) groups is 2. The summed E-state index contributed by atoms with van der Waals surface area (Å²) in [6, 6.07) is 11.7. The lowest BCUT2D eigenvalue weighted by atomic mass is 10.2. The fraction of sp³-hybridized carbons (Fsp3) is 0.118. The molecule has 134 valence electrons. The molecule has 0 spiro atoms. The third-order valence-electron chi connectivity index (χ3n) is 3.41. The van der Waals surface area contributed by atoms with Crippen LogP contribution < -0.4 is 10.6 Å². The van der Waals surface area contributed by atoms with E-state index in [1.807, 2.05) is 0 Å². The quantitative estimate of drug-likeness (QED) is 0.728. The molecule has 26 heavy (non-hydrogen) atoms. The lowest BCUT2D eigenvalue weighted by Crippen LogP contribution is -2.28. The van der Waals surface area contributed by atoms with Crippen molar-refractivity contribution in [3.8, 4) is 0 Å². The Hall–Kier alpha value is -1.73. The first-order chi connectivity index (χ1) is 12.4. The molecule has 1 saturated heterocycles. The molecule has 0 aromatic heterocycles. The standard InChI is InChI=1S/C17H12Cl3N3O2S/c18-9-1-3-10(4-2-9)22-17-23-16(25)14(26-17)8-15(24)21-11-5-6-12(19)13(20)7-11/h1-7,14H,8H2,(H,21,24)(H,22,23,25). The molecule has 3 rings (SSSR count). The average molecular weight is 429 g/mol. The van der Waals surface area contributed by atoms with E-state index in [1.54, 1.807) is 42.5 Å². The highest BCUT2D eigenvalue weighted by Crippen LogP contribution is 2.27. The van der Waals surface area contributed by atoms with Gasteiger partial charge in [0.2, 0.25) is 11.8 Å². The first kappa shape index (κ1) is 19.0. The van der Waals surface area contributed by atoms with Crippen LogP contribution in [0.2, 0.25) is 15.1 Å². The smallest absolute Gasteiger partial charge is 0.240 e. The van der Waals surface area contributed by atoms with Gasteiger partial charge in [-0.2, -0.15) is 0 Å². The van der Waals surface area contributed by atoms with Crippen LogP contribution in [0.3, 0.4) is 0 Å². The van der Waals surface area contributed by atoms with Crippen LogP contribution in [0.1, 0.15) is 6.42 Å². The van der Waals surface area contributed by atoms with E-state index in [9.17, 15) is 9.59 Å². The molecule has 5 nitrogen and oxygen atoms in total. The van der Waals surface area contributed by atoms with E-state index in [4.69, 9.17) is 34.8 Å². The molecular weight excluding hydrogens is 417 g/mol. The number of amides is 2. The van der Waals surface area contributed by atoms with E-state index in [0.29, 0.717) is 31.6 Å². The predicted molar refractivity (Wildman–Crippen MR) is 108 cm³/mol. The lowest BCUT2D eigenvalue weighted by molar-refractivity contribution is -0.122. The first-order valence-electron chi connectivity index (χ1n) is 7.47. The summed E-state index contributed by atoms with van der Waals surface area (Å²) in [7, 11) is 0. The zero-order valence-electron chi connectivity index (χ0n) is 13.1. The monoisotopic (exact) mass is 427 g/mol. The van der Waals surface area contributed by atoms with Crippen molar-refractivity contribution in [2.45, 2.75) is 11.7 Å². The van der Waals surface area contributed by atoms with Gasteiger partial charge in [0, 0.05) is 17.1 Å². The number of hydrogen-bond donors (Lipinski definition) is 2. The number of rotatable bonds is 4. The molecule has 2 aromatic rings.